The van der Waals surface area contributed by atoms with E-state index in [1.807, 2.05) is 7.05 Å². The first-order valence-electron chi connectivity index (χ1n) is 5.50. The minimum Gasteiger partial charge on any atom is -0.304 e. The van der Waals surface area contributed by atoms with Gasteiger partial charge >= 0.3 is 0 Å². The zero-order chi connectivity index (χ0) is 10.6. The summed E-state index contributed by atoms with van der Waals surface area (Å²) in [4.78, 5) is 2.45. The molecule has 1 N–H and O–H groups in total. The van der Waals surface area contributed by atoms with Crippen LogP contribution in [0.3, 0.4) is 0 Å². The second-order valence-electron chi connectivity index (χ2n) is 4.42. The Morgan fingerprint density at radius 2 is 2.29 bits per heavy atom. The molecule has 2 unspecified atom stereocenters. The van der Waals surface area contributed by atoms with E-state index in [4.69, 9.17) is 5.26 Å². The summed E-state index contributed by atoms with van der Waals surface area (Å²) in [5, 5.41) is 11.9. The fraction of sp³-hybridized carbons (Fsp3) is 0.909. The SMILES string of the molecule is CNC(C#N)CN1CCCC1C(C)C. The molecule has 14 heavy (non-hydrogen) atoms. The number of rotatable bonds is 4. The summed E-state index contributed by atoms with van der Waals surface area (Å²) in [7, 11) is 1.86. The van der Waals surface area contributed by atoms with E-state index in [9.17, 15) is 0 Å². The van der Waals surface area contributed by atoms with Crippen molar-refractivity contribution >= 4 is 0 Å². The highest BCUT2D eigenvalue weighted by Gasteiger charge is 2.28. The van der Waals surface area contributed by atoms with Gasteiger partial charge < -0.3 is 5.32 Å². The number of nitriles is 1. The molecule has 1 aliphatic rings. The minimum absolute atomic E-state index is 0.0191. The van der Waals surface area contributed by atoms with Crippen LogP contribution < -0.4 is 5.32 Å². The van der Waals surface area contributed by atoms with Crippen molar-refractivity contribution in [2.75, 3.05) is 20.1 Å². The Labute approximate surface area is 87.1 Å². The molecule has 1 rings (SSSR count). The van der Waals surface area contributed by atoms with Gasteiger partial charge in [0.25, 0.3) is 0 Å². The summed E-state index contributed by atoms with van der Waals surface area (Å²) < 4.78 is 0. The van der Waals surface area contributed by atoms with Crippen molar-refractivity contribution in [2.45, 2.75) is 38.8 Å². The van der Waals surface area contributed by atoms with E-state index < -0.39 is 0 Å². The minimum atomic E-state index is -0.0191. The summed E-state index contributed by atoms with van der Waals surface area (Å²) in [5.41, 5.74) is 0. The summed E-state index contributed by atoms with van der Waals surface area (Å²) in [6, 6.07) is 2.95. The van der Waals surface area contributed by atoms with Crippen molar-refractivity contribution in [1.29, 1.82) is 5.26 Å². The molecule has 1 saturated heterocycles. The Bertz CT molecular complexity index is 207. The van der Waals surface area contributed by atoms with Gasteiger partial charge in [-0.15, -0.1) is 0 Å². The van der Waals surface area contributed by atoms with Crippen molar-refractivity contribution in [3.8, 4) is 6.07 Å². The monoisotopic (exact) mass is 195 g/mol. The largest absolute Gasteiger partial charge is 0.304 e. The average molecular weight is 195 g/mol. The van der Waals surface area contributed by atoms with Crippen molar-refractivity contribution in [2.24, 2.45) is 5.92 Å². The Balaban J connectivity index is 2.47. The third kappa shape index (κ3) is 2.70. The van der Waals surface area contributed by atoms with E-state index in [2.05, 4.69) is 30.1 Å². The molecule has 3 heteroatoms. The number of hydrogen-bond donors (Lipinski definition) is 1. The summed E-state index contributed by atoms with van der Waals surface area (Å²) >= 11 is 0. The molecule has 3 nitrogen and oxygen atoms in total. The van der Waals surface area contributed by atoms with Gasteiger partial charge in [-0.2, -0.15) is 5.26 Å². The maximum absolute atomic E-state index is 8.87. The van der Waals surface area contributed by atoms with Crippen LogP contribution in [-0.4, -0.2) is 37.1 Å². The van der Waals surface area contributed by atoms with Gasteiger partial charge in [0.05, 0.1) is 6.07 Å². The quantitative estimate of drug-likeness (QED) is 0.733. The van der Waals surface area contributed by atoms with Crippen molar-refractivity contribution in [3.05, 3.63) is 0 Å². The van der Waals surface area contributed by atoms with E-state index in [0.717, 1.165) is 13.1 Å². The first-order valence-corrected chi connectivity index (χ1v) is 5.50. The predicted octanol–water partition coefficient (Wildman–Crippen LogP) is 1.22. The van der Waals surface area contributed by atoms with E-state index in [-0.39, 0.29) is 6.04 Å². The standard InChI is InChI=1S/C11H21N3/c1-9(2)11-5-4-6-14(11)8-10(7-12)13-3/h9-11,13H,4-6,8H2,1-3H3. The van der Waals surface area contributed by atoms with Crippen LogP contribution in [0.2, 0.25) is 0 Å². The summed E-state index contributed by atoms with van der Waals surface area (Å²) in [6.45, 7) is 6.56. The van der Waals surface area contributed by atoms with Crippen LogP contribution in [0.5, 0.6) is 0 Å². The molecule has 1 aliphatic heterocycles. The van der Waals surface area contributed by atoms with Crippen LogP contribution in [0.4, 0.5) is 0 Å². The zero-order valence-corrected chi connectivity index (χ0v) is 9.45. The zero-order valence-electron chi connectivity index (χ0n) is 9.45. The van der Waals surface area contributed by atoms with Gasteiger partial charge in [0.2, 0.25) is 0 Å². The highest BCUT2D eigenvalue weighted by atomic mass is 15.2. The second-order valence-corrected chi connectivity index (χ2v) is 4.42. The predicted molar refractivity (Wildman–Crippen MR) is 57.9 cm³/mol. The molecule has 0 amide bonds. The maximum atomic E-state index is 8.87. The third-order valence-electron chi connectivity index (χ3n) is 3.11. The lowest BCUT2D eigenvalue weighted by atomic mass is 10.0. The van der Waals surface area contributed by atoms with E-state index in [1.165, 1.54) is 12.8 Å². The van der Waals surface area contributed by atoms with Crippen LogP contribution in [0.15, 0.2) is 0 Å². The molecule has 0 aromatic heterocycles. The smallest absolute Gasteiger partial charge is 0.108 e. The molecule has 80 valence electrons. The van der Waals surface area contributed by atoms with Gasteiger partial charge in [0.1, 0.15) is 6.04 Å². The Morgan fingerprint density at radius 3 is 2.79 bits per heavy atom. The summed E-state index contributed by atoms with van der Waals surface area (Å²) in [5.74, 6) is 0.702. The van der Waals surface area contributed by atoms with Gasteiger partial charge in [-0.1, -0.05) is 13.8 Å². The molecule has 0 saturated carbocycles. The first-order chi connectivity index (χ1) is 6.69. The Kier molecular flexibility index (Phi) is 4.37. The van der Waals surface area contributed by atoms with E-state index >= 15 is 0 Å². The van der Waals surface area contributed by atoms with Crippen molar-refractivity contribution in [1.82, 2.24) is 10.2 Å². The molecular formula is C11H21N3. The van der Waals surface area contributed by atoms with Crippen LogP contribution in [0.1, 0.15) is 26.7 Å². The number of likely N-dealkylation sites (tertiary alicyclic amines) is 1. The molecular weight excluding hydrogens is 174 g/mol. The molecule has 0 bridgehead atoms. The number of nitrogens with one attached hydrogen (secondary N) is 1. The van der Waals surface area contributed by atoms with Crippen molar-refractivity contribution < 1.29 is 0 Å². The lowest BCUT2D eigenvalue weighted by Gasteiger charge is -2.28. The number of hydrogen-bond acceptors (Lipinski definition) is 3. The van der Waals surface area contributed by atoms with Gasteiger partial charge in [-0.3, -0.25) is 4.90 Å². The molecule has 0 radical (unpaired) electrons. The van der Waals surface area contributed by atoms with Crippen LogP contribution >= 0.6 is 0 Å². The number of likely N-dealkylation sites (N-methyl/N-ethyl adjacent to an activating group) is 1. The highest BCUT2D eigenvalue weighted by molar-refractivity contribution is 4.94. The molecule has 0 spiro atoms. The molecule has 2 atom stereocenters. The molecule has 0 aromatic rings. The Morgan fingerprint density at radius 1 is 1.57 bits per heavy atom. The normalized spacial score (nSPS) is 25.2. The van der Waals surface area contributed by atoms with Gasteiger partial charge in [-0.25, -0.2) is 0 Å². The Hall–Kier alpha value is -0.590. The van der Waals surface area contributed by atoms with Gasteiger partial charge in [0, 0.05) is 12.6 Å². The van der Waals surface area contributed by atoms with Crippen molar-refractivity contribution in [3.63, 3.8) is 0 Å². The topological polar surface area (TPSA) is 39.1 Å². The lowest BCUT2D eigenvalue weighted by Crippen LogP contribution is -2.42. The molecule has 0 aromatic carbocycles. The van der Waals surface area contributed by atoms with Crippen LogP contribution in [-0.2, 0) is 0 Å². The second kappa shape index (κ2) is 5.33. The highest BCUT2D eigenvalue weighted by Crippen LogP contribution is 2.23. The van der Waals surface area contributed by atoms with Gasteiger partial charge in [-0.05, 0) is 32.4 Å². The third-order valence-corrected chi connectivity index (χ3v) is 3.11. The molecule has 0 aliphatic carbocycles. The fourth-order valence-corrected chi connectivity index (χ4v) is 2.26. The van der Waals surface area contributed by atoms with E-state index in [1.54, 1.807) is 0 Å². The fourth-order valence-electron chi connectivity index (χ4n) is 2.26. The number of nitrogens with zero attached hydrogens (tertiary/aromatic N) is 2. The molecule has 1 fully saturated rings. The lowest BCUT2D eigenvalue weighted by molar-refractivity contribution is 0.198. The summed E-state index contributed by atoms with van der Waals surface area (Å²) in [6.07, 6.45) is 2.57. The van der Waals surface area contributed by atoms with E-state index in [0.29, 0.717) is 12.0 Å². The average Bonchev–Trinajstić information content (AvgIpc) is 2.62. The van der Waals surface area contributed by atoms with Crippen LogP contribution in [0.25, 0.3) is 0 Å². The molecule has 1 heterocycles. The maximum Gasteiger partial charge on any atom is 0.108 e. The van der Waals surface area contributed by atoms with Gasteiger partial charge in [0.15, 0.2) is 0 Å². The van der Waals surface area contributed by atoms with Crippen LogP contribution in [0, 0.1) is 17.2 Å². The first kappa shape index (κ1) is 11.5.